The van der Waals surface area contributed by atoms with Crippen LogP contribution in [0.15, 0.2) is 18.2 Å². The maximum absolute atomic E-state index is 12.0. The number of rotatable bonds is 8. The van der Waals surface area contributed by atoms with Crippen LogP contribution in [0.3, 0.4) is 0 Å². The molecule has 1 aromatic rings. The Hall–Kier alpha value is -1.75. The molecule has 0 fully saturated rings. The van der Waals surface area contributed by atoms with Crippen LogP contribution in [-0.4, -0.2) is 31.9 Å². The second-order valence-corrected chi connectivity index (χ2v) is 4.70. The van der Waals surface area contributed by atoms with Gasteiger partial charge in [-0.3, -0.25) is 4.79 Å². The molecule has 1 aromatic carbocycles. The van der Waals surface area contributed by atoms with E-state index in [1.165, 1.54) is 7.11 Å². The minimum absolute atomic E-state index is 0.297. The molecule has 0 aliphatic carbocycles. The Labute approximate surface area is 125 Å². The first kappa shape index (κ1) is 17.3. The van der Waals surface area contributed by atoms with Gasteiger partial charge in [-0.15, -0.1) is 0 Å². The lowest BCUT2D eigenvalue weighted by molar-refractivity contribution is -0.152. The Morgan fingerprint density at radius 2 is 1.95 bits per heavy atom. The van der Waals surface area contributed by atoms with Crippen LogP contribution in [0.4, 0.5) is 0 Å². The fourth-order valence-corrected chi connectivity index (χ4v) is 2.24. The first-order valence-corrected chi connectivity index (χ1v) is 7.15. The third kappa shape index (κ3) is 4.36. The van der Waals surface area contributed by atoms with Crippen molar-refractivity contribution in [2.45, 2.75) is 32.8 Å². The van der Waals surface area contributed by atoms with Crippen LogP contribution in [0.1, 0.15) is 38.4 Å². The molecular formula is C16H24O5. The number of ether oxygens (including phenoxy) is 3. The average molecular weight is 296 g/mol. The fourth-order valence-electron chi connectivity index (χ4n) is 2.24. The number of carbonyl (C=O) groups is 1. The molecule has 0 spiro atoms. The van der Waals surface area contributed by atoms with Gasteiger partial charge in [-0.1, -0.05) is 13.3 Å². The molecule has 0 radical (unpaired) electrons. The third-order valence-electron chi connectivity index (χ3n) is 3.33. The lowest BCUT2D eigenvalue weighted by Crippen LogP contribution is -2.25. The molecule has 21 heavy (non-hydrogen) atoms. The highest BCUT2D eigenvalue weighted by molar-refractivity contribution is 5.73. The lowest BCUT2D eigenvalue weighted by Gasteiger charge is -2.23. The molecule has 5 nitrogen and oxygen atoms in total. The first-order chi connectivity index (χ1) is 10.1. The molecule has 0 bridgehead atoms. The van der Waals surface area contributed by atoms with Gasteiger partial charge in [0.05, 0.1) is 32.8 Å². The fraction of sp³-hybridized carbons (Fsp3) is 0.562. The van der Waals surface area contributed by atoms with E-state index >= 15 is 0 Å². The number of hydrogen-bond acceptors (Lipinski definition) is 5. The van der Waals surface area contributed by atoms with Crippen molar-refractivity contribution >= 4 is 5.97 Å². The summed E-state index contributed by atoms with van der Waals surface area (Å²) in [6.07, 6.45) is 0.360. The SMILES string of the molecule is CCCC(C(=O)OCC)C(O)c1ccc(OC)cc1OC. The Morgan fingerprint density at radius 1 is 1.24 bits per heavy atom. The normalized spacial score (nSPS) is 13.4. The summed E-state index contributed by atoms with van der Waals surface area (Å²) in [5.41, 5.74) is 0.560. The first-order valence-electron chi connectivity index (χ1n) is 7.15. The summed E-state index contributed by atoms with van der Waals surface area (Å²) in [6.45, 7) is 4.01. The quantitative estimate of drug-likeness (QED) is 0.747. The largest absolute Gasteiger partial charge is 0.497 e. The number of hydrogen-bond donors (Lipinski definition) is 1. The highest BCUT2D eigenvalue weighted by atomic mass is 16.5. The van der Waals surface area contributed by atoms with Crippen LogP contribution in [0, 0.1) is 5.92 Å². The van der Waals surface area contributed by atoms with Crippen LogP contribution >= 0.6 is 0 Å². The number of aliphatic hydroxyl groups is 1. The lowest BCUT2D eigenvalue weighted by atomic mass is 9.91. The Balaban J connectivity index is 3.07. The topological polar surface area (TPSA) is 65.0 Å². The molecular weight excluding hydrogens is 272 g/mol. The Morgan fingerprint density at radius 3 is 2.48 bits per heavy atom. The van der Waals surface area contributed by atoms with Crippen LogP contribution in [0.5, 0.6) is 11.5 Å². The van der Waals surface area contributed by atoms with E-state index in [1.54, 1.807) is 32.2 Å². The maximum Gasteiger partial charge on any atom is 0.311 e. The van der Waals surface area contributed by atoms with Crippen molar-refractivity contribution in [3.8, 4) is 11.5 Å². The van der Waals surface area contributed by atoms with Crippen molar-refractivity contribution in [1.82, 2.24) is 0 Å². The Bertz CT molecular complexity index is 458. The monoisotopic (exact) mass is 296 g/mol. The number of benzene rings is 1. The molecule has 0 aliphatic heterocycles. The summed E-state index contributed by atoms with van der Waals surface area (Å²) in [5.74, 6) is 0.139. The maximum atomic E-state index is 12.0. The van der Waals surface area contributed by atoms with Crippen molar-refractivity contribution in [2.24, 2.45) is 5.92 Å². The van der Waals surface area contributed by atoms with Gasteiger partial charge in [0, 0.05) is 11.6 Å². The minimum atomic E-state index is -0.968. The number of methoxy groups -OCH3 is 2. The highest BCUT2D eigenvalue weighted by Crippen LogP contribution is 2.35. The standard InChI is InChI=1S/C16H24O5/c1-5-7-13(16(18)21-6-2)15(17)12-9-8-11(19-3)10-14(12)20-4/h8-10,13,15,17H,5-7H2,1-4H3. The molecule has 2 atom stereocenters. The average Bonchev–Trinajstić information content (AvgIpc) is 2.51. The van der Waals surface area contributed by atoms with E-state index in [-0.39, 0.29) is 5.97 Å². The van der Waals surface area contributed by atoms with Gasteiger partial charge < -0.3 is 19.3 Å². The number of carbonyl (C=O) groups excluding carboxylic acids is 1. The second-order valence-electron chi connectivity index (χ2n) is 4.70. The molecule has 0 aromatic heterocycles. The van der Waals surface area contributed by atoms with E-state index < -0.39 is 12.0 Å². The van der Waals surface area contributed by atoms with Gasteiger partial charge in [-0.25, -0.2) is 0 Å². The van der Waals surface area contributed by atoms with Gasteiger partial charge in [0.25, 0.3) is 0 Å². The van der Waals surface area contributed by atoms with E-state index in [9.17, 15) is 9.90 Å². The number of esters is 1. The summed E-state index contributed by atoms with van der Waals surface area (Å²) in [4.78, 5) is 12.0. The molecule has 2 unspecified atom stereocenters. The van der Waals surface area contributed by atoms with E-state index in [0.717, 1.165) is 6.42 Å². The van der Waals surface area contributed by atoms with Gasteiger partial charge in [-0.2, -0.15) is 0 Å². The summed E-state index contributed by atoms with van der Waals surface area (Å²) < 4.78 is 15.5. The van der Waals surface area contributed by atoms with Gasteiger partial charge in [-0.05, 0) is 25.5 Å². The molecule has 0 heterocycles. The molecule has 0 amide bonds. The second kappa shape index (κ2) is 8.52. The van der Waals surface area contributed by atoms with Crippen LogP contribution < -0.4 is 9.47 Å². The van der Waals surface area contributed by atoms with Crippen LogP contribution in [0.25, 0.3) is 0 Å². The zero-order valence-electron chi connectivity index (χ0n) is 13.1. The molecule has 1 rings (SSSR count). The Kier molecular flexibility index (Phi) is 7.02. The predicted octanol–water partition coefficient (Wildman–Crippen LogP) is 2.72. The zero-order valence-corrected chi connectivity index (χ0v) is 13.1. The summed E-state index contributed by atoms with van der Waals surface area (Å²) >= 11 is 0. The van der Waals surface area contributed by atoms with Gasteiger partial charge >= 0.3 is 5.97 Å². The van der Waals surface area contributed by atoms with Crippen molar-refractivity contribution in [1.29, 1.82) is 0 Å². The van der Waals surface area contributed by atoms with E-state index in [0.29, 0.717) is 30.1 Å². The molecule has 1 N–H and O–H groups in total. The van der Waals surface area contributed by atoms with E-state index in [4.69, 9.17) is 14.2 Å². The van der Waals surface area contributed by atoms with Gasteiger partial charge in [0.2, 0.25) is 0 Å². The third-order valence-corrected chi connectivity index (χ3v) is 3.33. The van der Waals surface area contributed by atoms with Crippen molar-refractivity contribution in [3.63, 3.8) is 0 Å². The van der Waals surface area contributed by atoms with Crippen molar-refractivity contribution < 1.29 is 24.1 Å². The molecule has 0 saturated heterocycles. The molecule has 118 valence electrons. The van der Waals surface area contributed by atoms with Crippen molar-refractivity contribution in [3.05, 3.63) is 23.8 Å². The molecule has 0 aliphatic rings. The molecule has 0 saturated carbocycles. The minimum Gasteiger partial charge on any atom is -0.497 e. The zero-order chi connectivity index (χ0) is 15.8. The van der Waals surface area contributed by atoms with Gasteiger partial charge in [0.15, 0.2) is 0 Å². The smallest absolute Gasteiger partial charge is 0.311 e. The number of aliphatic hydroxyl groups excluding tert-OH is 1. The molecule has 5 heteroatoms. The van der Waals surface area contributed by atoms with Crippen LogP contribution in [-0.2, 0) is 9.53 Å². The highest BCUT2D eigenvalue weighted by Gasteiger charge is 2.30. The summed E-state index contributed by atoms with van der Waals surface area (Å²) in [7, 11) is 3.08. The van der Waals surface area contributed by atoms with E-state index in [1.807, 2.05) is 6.92 Å². The predicted molar refractivity (Wildman–Crippen MR) is 79.5 cm³/mol. The van der Waals surface area contributed by atoms with E-state index in [2.05, 4.69) is 0 Å². The van der Waals surface area contributed by atoms with Crippen LogP contribution in [0.2, 0.25) is 0 Å². The van der Waals surface area contributed by atoms with Gasteiger partial charge in [0.1, 0.15) is 11.5 Å². The summed E-state index contributed by atoms with van der Waals surface area (Å²) in [6, 6.07) is 5.13. The summed E-state index contributed by atoms with van der Waals surface area (Å²) in [5, 5.41) is 10.6. The van der Waals surface area contributed by atoms with Crippen molar-refractivity contribution in [2.75, 3.05) is 20.8 Å².